The zero-order valence-electron chi connectivity index (χ0n) is 12.5. The average Bonchev–Trinajstić information content (AvgIpc) is 2.56. The van der Waals surface area contributed by atoms with E-state index in [1.165, 1.54) is 19.1 Å². The lowest BCUT2D eigenvalue weighted by Crippen LogP contribution is -2.30. The number of nitriles is 1. The summed E-state index contributed by atoms with van der Waals surface area (Å²) in [6.07, 6.45) is -0.921. The molecule has 0 heterocycles. The smallest absolute Gasteiger partial charge is 0.271 e. The summed E-state index contributed by atoms with van der Waals surface area (Å²) in [6.45, 7) is 1.50. The highest BCUT2D eigenvalue weighted by Crippen LogP contribution is 2.29. The van der Waals surface area contributed by atoms with Gasteiger partial charge in [0.15, 0.2) is 6.10 Å². The van der Waals surface area contributed by atoms with Crippen LogP contribution in [0.4, 0.5) is 11.4 Å². The summed E-state index contributed by atoms with van der Waals surface area (Å²) in [5.74, 6) is -0.328. The van der Waals surface area contributed by atoms with Crippen molar-refractivity contribution in [2.75, 3.05) is 5.32 Å². The number of ether oxygens (including phenoxy) is 1. The maximum atomic E-state index is 12.2. The molecule has 0 saturated heterocycles. The Hall–Kier alpha value is -3.11. The minimum Gasteiger partial charge on any atom is -0.479 e. The fraction of sp³-hybridized carbons (Fsp3) is 0.125. The van der Waals surface area contributed by atoms with Crippen LogP contribution in [0.1, 0.15) is 12.5 Å². The minimum absolute atomic E-state index is 0.0290. The first kappa shape index (κ1) is 17.2. The minimum atomic E-state index is -0.921. The lowest BCUT2D eigenvalue weighted by atomic mass is 10.2. The number of halogens is 1. The fourth-order valence-corrected chi connectivity index (χ4v) is 2.09. The highest BCUT2D eigenvalue weighted by Gasteiger charge is 2.18. The van der Waals surface area contributed by atoms with Crippen molar-refractivity contribution < 1.29 is 14.5 Å². The molecule has 0 unspecified atom stereocenters. The van der Waals surface area contributed by atoms with Crippen LogP contribution in [0.25, 0.3) is 0 Å². The molecule has 1 N–H and O–H groups in total. The third-order valence-corrected chi connectivity index (χ3v) is 3.40. The molecule has 1 atom stereocenters. The van der Waals surface area contributed by atoms with Crippen LogP contribution in [-0.2, 0) is 4.79 Å². The van der Waals surface area contributed by atoms with E-state index >= 15 is 0 Å². The normalized spacial score (nSPS) is 11.2. The number of non-ortho nitro benzene ring substituents is 1. The number of nitro benzene ring substituents is 1. The number of nitrogens with zero attached hydrogens (tertiary/aromatic N) is 2. The van der Waals surface area contributed by atoms with Crippen molar-refractivity contribution in [2.45, 2.75) is 13.0 Å². The number of carbonyl (C=O) groups is 1. The number of hydrogen-bond donors (Lipinski definition) is 1. The predicted octanol–water partition coefficient (Wildman–Crippen LogP) is 3.53. The molecular weight excluding hydrogens is 334 g/mol. The van der Waals surface area contributed by atoms with Gasteiger partial charge in [-0.2, -0.15) is 5.26 Å². The van der Waals surface area contributed by atoms with E-state index in [0.717, 1.165) is 6.07 Å². The molecular formula is C16H12ClN3O4. The van der Waals surface area contributed by atoms with E-state index in [2.05, 4.69) is 5.32 Å². The number of benzene rings is 2. The summed E-state index contributed by atoms with van der Waals surface area (Å²) in [5.41, 5.74) is 0.522. The van der Waals surface area contributed by atoms with E-state index in [4.69, 9.17) is 21.6 Å². The lowest BCUT2D eigenvalue weighted by Gasteiger charge is -2.16. The van der Waals surface area contributed by atoms with Crippen molar-refractivity contribution in [3.05, 3.63) is 63.2 Å². The number of para-hydroxylation sites is 1. The second-order valence-corrected chi connectivity index (χ2v) is 5.19. The highest BCUT2D eigenvalue weighted by molar-refractivity contribution is 6.32. The van der Waals surface area contributed by atoms with Gasteiger partial charge in [0.2, 0.25) is 0 Å². The van der Waals surface area contributed by atoms with Crippen LogP contribution in [0.2, 0.25) is 5.02 Å². The molecule has 24 heavy (non-hydrogen) atoms. The molecule has 122 valence electrons. The third kappa shape index (κ3) is 4.00. The van der Waals surface area contributed by atoms with Crippen LogP contribution in [0.3, 0.4) is 0 Å². The molecule has 0 spiro atoms. The molecule has 2 aromatic rings. The Kier molecular flexibility index (Phi) is 5.35. The van der Waals surface area contributed by atoms with Crippen molar-refractivity contribution in [3.63, 3.8) is 0 Å². The summed E-state index contributed by atoms with van der Waals surface area (Å²) < 4.78 is 5.44. The molecule has 2 aromatic carbocycles. The zero-order valence-corrected chi connectivity index (χ0v) is 13.3. The number of anilines is 1. The summed E-state index contributed by atoms with van der Waals surface area (Å²) >= 11 is 5.93. The fourth-order valence-electron chi connectivity index (χ4n) is 1.87. The van der Waals surface area contributed by atoms with Gasteiger partial charge in [0.1, 0.15) is 11.8 Å². The first-order valence-electron chi connectivity index (χ1n) is 6.83. The Morgan fingerprint density at radius 2 is 2.08 bits per heavy atom. The molecule has 0 aliphatic heterocycles. The van der Waals surface area contributed by atoms with E-state index in [-0.39, 0.29) is 16.5 Å². The van der Waals surface area contributed by atoms with Crippen LogP contribution in [0.5, 0.6) is 5.75 Å². The summed E-state index contributed by atoms with van der Waals surface area (Å²) in [5, 5.41) is 22.3. The average molecular weight is 346 g/mol. The maximum Gasteiger partial charge on any atom is 0.271 e. The van der Waals surface area contributed by atoms with Crippen molar-refractivity contribution in [1.29, 1.82) is 5.26 Å². The summed E-state index contributed by atoms with van der Waals surface area (Å²) in [4.78, 5) is 22.3. The number of rotatable bonds is 5. The molecule has 0 aliphatic carbocycles. The number of nitrogens with one attached hydrogen (secondary N) is 1. The zero-order chi connectivity index (χ0) is 17.7. The van der Waals surface area contributed by atoms with E-state index in [1.54, 1.807) is 24.3 Å². The molecule has 7 nitrogen and oxygen atoms in total. The first-order chi connectivity index (χ1) is 11.4. The third-order valence-electron chi connectivity index (χ3n) is 3.10. The van der Waals surface area contributed by atoms with Gasteiger partial charge < -0.3 is 10.1 Å². The Balaban J connectivity index is 2.09. The Morgan fingerprint density at radius 3 is 2.71 bits per heavy atom. The Labute approximate surface area is 142 Å². The lowest BCUT2D eigenvalue weighted by molar-refractivity contribution is -0.384. The Bertz CT molecular complexity index is 832. The van der Waals surface area contributed by atoms with Crippen molar-refractivity contribution in [3.8, 4) is 11.8 Å². The summed E-state index contributed by atoms with van der Waals surface area (Å²) in [7, 11) is 0. The number of hydrogen-bond acceptors (Lipinski definition) is 5. The van der Waals surface area contributed by atoms with E-state index in [1.807, 2.05) is 6.07 Å². The molecule has 2 rings (SSSR count). The van der Waals surface area contributed by atoms with Gasteiger partial charge in [0.25, 0.3) is 11.6 Å². The van der Waals surface area contributed by atoms with Crippen LogP contribution in [-0.4, -0.2) is 16.9 Å². The topological polar surface area (TPSA) is 105 Å². The standard InChI is InChI=1S/C16H12ClN3O4/c1-10(16(21)19-14-5-3-2-4-11(14)9-18)24-15-7-6-12(20(22)23)8-13(15)17/h2-8,10H,1H3,(H,19,21)/t10-/m1/s1. The van der Waals surface area contributed by atoms with Gasteiger partial charge >= 0.3 is 0 Å². The SMILES string of the molecule is C[C@@H](Oc1ccc([N+](=O)[O-])cc1Cl)C(=O)Nc1ccccc1C#N. The number of carbonyl (C=O) groups excluding carboxylic acids is 1. The van der Waals surface area contributed by atoms with Crippen molar-refractivity contribution in [2.24, 2.45) is 0 Å². The Morgan fingerprint density at radius 1 is 1.38 bits per heavy atom. The molecule has 1 amide bonds. The van der Waals surface area contributed by atoms with Gasteiger partial charge in [-0.05, 0) is 25.1 Å². The van der Waals surface area contributed by atoms with Crippen LogP contribution in [0, 0.1) is 21.4 Å². The largest absolute Gasteiger partial charge is 0.479 e. The predicted molar refractivity (Wildman–Crippen MR) is 88.0 cm³/mol. The van der Waals surface area contributed by atoms with Gasteiger partial charge in [0.05, 0.1) is 21.2 Å². The van der Waals surface area contributed by atoms with Crippen molar-refractivity contribution >= 4 is 28.9 Å². The van der Waals surface area contributed by atoms with Crippen LogP contribution < -0.4 is 10.1 Å². The molecule has 0 saturated carbocycles. The number of amides is 1. The maximum absolute atomic E-state index is 12.2. The van der Waals surface area contributed by atoms with E-state index < -0.39 is 16.9 Å². The van der Waals surface area contributed by atoms with E-state index in [9.17, 15) is 14.9 Å². The van der Waals surface area contributed by atoms with Gasteiger partial charge in [-0.25, -0.2) is 0 Å². The van der Waals surface area contributed by atoms with Gasteiger partial charge in [0, 0.05) is 12.1 Å². The second-order valence-electron chi connectivity index (χ2n) is 4.78. The van der Waals surface area contributed by atoms with Crippen molar-refractivity contribution in [1.82, 2.24) is 0 Å². The molecule has 0 radical (unpaired) electrons. The first-order valence-corrected chi connectivity index (χ1v) is 7.20. The molecule has 0 bridgehead atoms. The van der Waals surface area contributed by atoms with Crippen LogP contribution >= 0.6 is 11.6 Å². The number of nitro groups is 1. The molecule has 0 aromatic heterocycles. The molecule has 0 fully saturated rings. The van der Waals surface area contributed by atoms with Gasteiger partial charge in [-0.3, -0.25) is 14.9 Å². The van der Waals surface area contributed by atoms with Gasteiger partial charge in [-0.1, -0.05) is 23.7 Å². The highest BCUT2D eigenvalue weighted by atomic mass is 35.5. The van der Waals surface area contributed by atoms with E-state index in [0.29, 0.717) is 11.3 Å². The second kappa shape index (κ2) is 7.44. The monoisotopic (exact) mass is 345 g/mol. The van der Waals surface area contributed by atoms with Gasteiger partial charge in [-0.15, -0.1) is 0 Å². The quantitative estimate of drug-likeness (QED) is 0.659. The molecule has 0 aliphatic rings. The summed E-state index contributed by atoms with van der Waals surface area (Å²) in [6, 6.07) is 12.2. The van der Waals surface area contributed by atoms with Crippen LogP contribution in [0.15, 0.2) is 42.5 Å². The molecule has 8 heteroatoms.